The van der Waals surface area contributed by atoms with E-state index in [4.69, 9.17) is 0 Å². The predicted octanol–water partition coefficient (Wildman–Crippen LogP) is 1.92. The molecule has 0 aromatic rings. The van der Waals surface area contributed by atoms with Crippen molar-refractivity contribution >= 4 is 20.0 Å². The molecule has 1 aliphatic rings. The Hall–Kier alpha value is -0.903. The second-order valence-electron chi connectivity index (χ2n) is 3.63. The topological polar surface area (TPSA) is 37.4 Å². The Balaban J connectivity index is 3.00. The molecule has 0 atom stereocenters. The second kappa shape index (κ2) is 4.08. The molecule has 0 bridgehead atoms. The fourth-order valence-corrected chi connectivity index (χ4v) is 5.62. The molecule has 2 amide bonds. The monoisotopic (exact) mass is 211 g/mol. The molecular weight excluding hydrogens is 194 g/mol. The molecule has 0 aromatic carbocycles. The van der Waals surface area contributed by atoms with Crippen LogP contribution in [0, 0.1) is 0 Å². The Morgan fingerprint density at radius 1 is 1.00 bits per heavy atom. The summed E-state index contributed by atoms with van der Waals surface area (Å²) in [7, 11) is -1.84. The molecule has 4 heteroatoms. The quantitative estimate of drug-likeness (QED) is 0.526. The molecule has 1 rings (SSSR count). The number of rotatable bonds is 4. The van der Waals surface area contributed by atoms with Crippen molar-refractivity contribution in [3.63, 3.8) is 0 Å². The normalized spacial score (nSPS) is 16.9. The summed E-state index contributed by atoms with van der Waals surface area (Å²) >= 11 is 0. The van der Waals surface area contributed by atoms with Crippen molar-refractivity contribution in [3.8, 4) is 0 Å². The molecule has 0 fully saturated rings. The van der Waals surface area contributed by atoms with Gasteiger partial charge in [-0.1, -0.05) is 20.8 Å². The Kier molecular flexibility index (Phi) is 3.26. The fraction of sp³-hybridized carbons (Fsp3) is 0.600. The average molecular weight is 211 g/mol. The summed E-state index contributed by atoms with van der Waals surface area (Å²) in [4.78, 5) is 23.1. The highest BCUT2D eigenvalue weighted by Gasteiger charge is 2.42. The van der Waals surface area contributed by atoms with E-state index in [-0.39, 0.29) is 11.8 Å². The summed E-state index contributed by atoms with van der Waals surface area (Å²) in [5.41, 5.74) is 0. The maximum atomic E-state index is 11.6. The first-order chi connectivity index (χ1) is 6.61. The molecule has 1 heterocycles. The summed E-state index contributed by atoms with van der Waals surface area (Å²) in [5.74, 6) is -0.209. The number of imide groups is 1. The number of carbonyl (C=O) groups is 2. The predicted molar refractivity (Wildman–Crippen MR) is 58.2 cm³/mol. The standard InChI is InChI=1S/C10H17NO2Si/c1-4-14(5-2,6-3)11-9(12)7-8-10(11)13/h7-8H,4-6H2,1-3H3. The van der Waals surface area contributed by atoms with E-state index in [2.05, 4.69) is 20.8 Å². The molecular formula is C10H17NO2Si. The van der Waals surface area contributed by atoms with Gasteiger partial charge < -0.3 is 4.57 Å². The van der Waals surface area contributed by atoms with E-state index in [1.165, 1.54) is 12.2 Å². The van der Waals surface area contributed by atoms with Crippen LogP contribution in [0.2, 0.25) is 18.1 Å². The third-order valence-electron chi connectivity index (χ3n) is 3.26. The third kappa shape index (κ3) is 1.54. The van der Waals surface area contributed by atoms with Crippen molar-refractivity contribution in [2.24, 2.45) is 0 Å². The fourth-order valence-electron chi connectivity index (χ4n) is 2.09. The number of hydrogen-bond acceptors (Lipinski definition) is 2. The highest BCUT2D eigenvalue weighted by atomic mass is 28.3. The first-order valence-corrected chi connectivity index (χ1v) is 7.74. The third-order valence-corrected chi connectivity index (χ3v) is 8.60. The van der Waals surface area contributed by atoms with Crippen LogP contribution in [0.4, 0.5) is 0 Å². The van der Waals surface area contributed by atoms with Crippen LogP contribution >= 0.6 is 0 Å². The maximum Gasteiger partial charge on any atom is 0.245 e. The van der Waals surface area contributed by atoms with E-state index < -0.39 is 8.24 Å². The number of hydrogen-bond donors (Lipinski definition) is 0. The highest BCUT2D eigenvalue weighted by Crippen LogP contribution is 2.27. The first-order valence-electron chi connectivity index (χ1n) is 5.17. The molecule has 0 N–H and O–H groups in total. The van der Waals surface area contributed by atoms with Crippen LogP contribution in [0.5, 0.6) is 0 Å². The van der Waals surface area contributed by atoms with E-state index in [1.807, 2.05) is 0 Å². The molecule has 0 aromatic heterocycles. The first kappa shape index (κ1) is 11.2. The number of carbonyl (C=O) groups excluding carboxylic acids is 2. The van der Waals surface area contributed by atoms with E-state index in [9.17, 15) is 9.59 Å². The zero-order valence-electron chi connectivity index (χ0n) is 9.04. The Morgan fingerprint density at radius 3 is 1.64 bits per heavy atom. The van der Waals surface area contributed by atoms with Gasteiger partial charge in [-0.3, -0.25) is 9.59 Å². The molecule has 3 nitrogen and oxygen atoms in total. The van der Waals surface area contributed by atoms with Gasteiger partial charge in [0.15, 0.2) is 8.24 Å². The van der Waals surface area contributed by atoms with Crippen LogP contribution in [-0.4, -0.2) is 24.6 Å². The lowest BCUT2D eigenvalue weighted by Crippen LogP contribution is -2.55. The smallest absolute Gasteiger partial charge is 0.245 e. The van der Waals surface area contributed by atoms with Gasteiger partial charge in [0, 0.05) is 12.2 Å². The van der Waals surface area contributed by atoms with Crippen molar-refractivity contribution in [2.75, 3.05) is 0 Å². The molecule has 0 aliphatic carbocycles. The van der Waals surface area contributed by atoms with Crippen LogP contribution in [0.3, 0.4) is 0 Å². The zero-order chi connectivity index (χ0) is 10.8. The van der Waals surface area contributed by atoms with Gasteiger partial charge in [0.1, 0.15) is 0 Å². The lowest BCUT2D eigenvalue weighted by Gasteiger charge is -2.36. The Bertz CT molecular complexity index is 256. The molecule has 0 unspecified atom stereocenters. The summed E-state index contributed by atoms with van der Waals surface area (Å²) in [6, 6.07) is 2.87. The molecule has 0 spiro atoms. The highest BCUT2D eigenvalue weighted by molar-refractivity contribution is 6.82. The van der Waals surface area contributed by atoms with Crippen molar-refractivity contribution in [2.45, 2.75) is 38.9 Å². The van der Waals surface area contributed by atoms with Crippen LogP contribution in [0.15, 0.2) is 12.2 Å². The zero-order valence-corrected chi connectivity index (χ0v) is 10.0. The summed E-state index contributed by atoms with van der Waals surface area (Å²) < 4.78 is 1.55. The minimum Gasteiger partial charge on any atom is -0.304 e. The molecule has 1 aliphatic heterocycles. The minimum atomic E-state index is -1.84. The van der Waals surface area contributed by atoms with Gasteiger partial charge in [-0.2, -0.15) is 0 Å². The van der Waals surface area contributed by atoms with Crippen molar-refractivity contribution in [1.29, 1.82) is 0 Å². The number of nitrogens with zero attached hydrogens (tertiary/aromatic N) is 1. The van der Waals surface area contributed by atoms with E-state index in [0.29, 0.717) is 0 Å². The van der Waals surface area contributed by atoms with E-state index in [0.717, 1.165) is 18.1 Å². The van der Waals surface area contributed by atoms with Gasteiger partial charge >= 0.3 is 0 Å². The van der Waals surface area contributed by atoms with E-state index in [1.54, 1.807) is 4.57 Å². The molecule has 0 saturated carbocycles. The van der Waals surface area contributed by atoms with Crippen molar-refractivity contribution < 1.29 is 9.59 Å². The average Bonchev–Trinajstić information content (AvgIpc) is 2.53. The van der Waals surface area contributed by atoms with Gasteiger partial charge in [0.05, 0.1) is 0 Å². The van der Waals surface area contributed by atoms with Crippen LogP contribution in [0.1, 0.15) is 20.8 Å². The van der Waals surface area contributed by atoms with Gasteiger partial charge in [-0.25, -0.2) is 0 Å². The van der Waals surface area contributed by atoms with Crippen molar-refractivity contribution in [1.82, 2.24) is 4.57 Å². The van der Waals surface area contributed by atoms with E-state index >= 15 is 0 Å². The minimum absolute atomic E-state index is 0.104. The van der Waals surface area contributed by atoms with Crippen LogP contribution in [-0.2, 0) is 9.59 Å². The number of amides is 2. The summed E-state index contributed by atoms with van der Waals surface area (Å²) in [6.45, 7) is 6.24. The molecule has 0 radical (unpaired) electrons. The molecule has 14 heavy (non-hydrogen) atoms. The Labute approximate surface area is 85.9 Å². The molecule has 78 valence electrons. The lowest BCUT2D eigenvalue weighted by molar-refractivity contribution is -0.131. The summed E-state index contributed by atoms with van der Waals surface area (Å²) in [6.07, 6.45) is 2.79. The maximum absolute atomic E-state index is 11.6. The van der Waals surface area contributed by atoms with Gasteiger partial charge in [0.25, 0.3) is 0 Å². The summed E-state index contributed by atoms with van der Waals surface area (Å²) in [5, 5.41) is 0. The van der Waals surface area contributed by atoms with Gasteiger partial charge in [-0.05, 0) is 18.1 Å². The SMILES string of the molecule is CC[Si](CC)(CC)N1C(=O)C=CC1=O. The lowest BCUT2D eigenvalue weighted by atomic mass is 10.6. The van der Waals surface area contributed by atoms with Crippen LogP contribution in [0.25, 0.3) is 0 Å². The molecule has 0 saturated heterocycles. The van der Waals surface area contributed by atoms with Crippen LogP contribution < -0.4 is 0 Å². The Morgan fingerprint density at radius 2 is 1.36 bits per heavy atom. The van der Waals surface area contributed by atoms with Gasteiger partial charge in [-0.15, -0.1) is 0 Å². The van der Waals surface area contributed by atoms with Crippen molar-refractivity contribution in [3.05, 3.63) is 12.2 Å². The largest absolute Gasteiger partial charge is 0.304 e. The second-order valence-corrected chi connectivity index (χ2v) is 8.65. The van der Waals surface area contributed by atoms with Gasteiger partial charge in [0.2, 0.25) is 11.8 Å².